The third-order valence-electron chi connectivity index (χ3n) is 9.83. The summed E-state index contributed by atoms with van der Waals surface area (Å²) in [5, 5.41) is 20.3. The number of fused-ring (bicyclic) bond motifs is 1. The lowest BCUT2D eigenvalue weighted by atomic mass is 9.88. The van der Waals surface area contributed by atoms with E-state index < -0.39 is 30.0 Å². The summed E-state index contributed by atoms with van der Waals surface area (Å²) in [6.45, 7) is 7.47. The van der Waals surface area contributed by atoms with Crippen molar-refractivity contribution in [1.29, 1.82) is 0 Å². The number of para-hydroxylation sites is 1. The number of nitrogens with one attached hydrogen (secondary N) is 4. The molecule has 0 saturated heterocycles. The van der Waals surface area contributed by atoms with Crippen LogP contribution in [-0.4, -0.2) is 115 Å². The molecule has 0 bridgehead atoms. The molecule has 0 saturated carbocycles. The monoisotopic (exact) mass is 815 g/mol. The van der Waals surface area contributed by atoms with Gasteiger partial charge in [0.1, 0.15) is 5.78 Å². The molecule has 1 aromatic heterocycles. The molecule has 0 fully saturated rings. The number of aryl methyl sites for hydroxylation is 1. The van der Waals surface area contributed by atoms with Crippen LogP contribution in [0.4, 0.5) is 4.79 Å². The maximum atomic E-state index is 13.1. The number of nitrogens with zero attached hydrogens (tertiary/aromatic N) is 2. The van der Waals surface area contributed by atoms with Gasteiger partial charge in [-0.1, -0.05) is 39.0 Å². The number of benzene rings is 1. The quantitative estimate of drug-likeness (QED) is 0.0462. The van der Waals surface area contributed by atoms with Gasteiger partial charge >= 0.3 is 12.0 Å². The first kappa shape index (κ1) is 49.4. The van der Waals surface area contributed by atoms with Gasteiger partial charge in [0.2, 0.25) is 11.8 Å². The average Bonchev–Trinajstić information content (AvgIpc) is 3.53. The summed E-state index contributed by atoms with van der Waals surface area (Å²) in [5.74, 6) is -3.10. The summed E-state index contributed by atoms with van der Waals surface area (Å²) in [7, 11) is 3.75. The van der Waals surface area contributed by atoms with Gasteiger partial charge in [0.05, 0.1) is 38.4 Å². The Morgan fingerprint density at radius 3 is 2.21 bits per heavy atom. The van der Waals surface area contributed by atoms with E-state index in [4.69, 9.17) is 15.2 Å². The summed E-state index contributed by atoms with van der Waals surface area (Å²) in [6, 6.07) is 7.67. The van der Waals surface area contributed by atoms with Gasteiger partial charge in [0.15, 0.2) is 11.6 Å². The molecule has 4 amide bonds. The third kappa shape index (κ3) is 18.7. The van der Waals surface area contributed by atoms with Gasteiger partial charge in [-0.3, -0.25) is 34.2 Å². The highest BCUT2D eigenvalue weighted by atomic mass is 16.5. The van der Waals surface area contributed by atoms with Crippen LogP contribution < -0.4 is 27.1 Å². The number of carbonyl (C=O) groups is 7. The normalized spacial score (nSPS) is 12.9. The minimum absolute atomic E-state index is 0.00158. The van der Waals surface area contributed by atoms with Crippen LogP contribution >= 0.6 is 0 Å². The number of ketones is 3. The number of nitrogens with two attached hydrogens (primary N) is 1. The van der Waals surface area contributed by atoms with Crippen molar-refractivity contribution in [3.63, 3.8) is 0 Å². The molecule has 7 N–H and O–H groups in total. The molecular formula is C41H65N7O10. The highest BCUT2D eigenvalue weighted by molar-refractivity contribution is 5.92. The fraction of sp³-hybridized carbons (Fsp3) is 0.634. The molecule has 324 valence electrons. The molecule has 0 aliphatic heterocycles. The van der Waals surface area contributed by atoms with E-state index in [2.05, 4.69) is 32.0 Å². The van der Waals surface area contributed by atoms with Crippen molar-refractivity contribution in [2.45, 2.75) is 110 Å². The number of carbonyl (C=O) groups excluding carboxylic acids is 6. The fourth-order valence-electron chi connectivity index (χ4n) is 6.41. The molecule has 1 aromatic carbocycles. The van der Waals surface area contributed by atoms with Crippen molar-refractivity contribution in [1.82, 2.24) is 31.0 Å². The number of primary amides is 1. The minimum atomic E-state index is -1.06. The van der Waals surface area contributed by atoms with Crippen molar-refractivity contribution in [2.75, 3.05) is 47.1 Å². The Labute approximate surface area is 341 Å². The van der Waals surface area contributed by atoms with E-state index in [1.165, 1.54) is 0 Å². The third-order valence-corrected chi connectivity index (χ3v) is 9.83. The van der Waals surface area contributed by atoms with Gasteiger partial charge in [0.25, 0.3) is 0 Å². The lowest BCUT2D eigenvalue weighted by Gasteiger charge is -2.24. The molecule has 0 spiro atoms. The summed E-state index contributed by atoms with van der Waals surface area (Å²) in [5.41, 5.74) is 10.2. The molecule has 2 aromatic rings. The van der Waals surface area contributed by atoms with Crippen LogP contribution in [0.5, 0.6) is 0 Å². The lowest BCUT2D eigenvalue weighted by Crippen LogP contribution is -2.45. The summed E-state index contributed by atoms with van der Waals surface area (Å²) in [4.78, 5) is 86.7. The largest absolute Gasteiger partial charge is 0.481 e. The van der Waals surface area contributed by atoms with E-state index in [1.54, 1.807) is 6.92 Å². The van der Waals surface area contributed by atoms with Crippen LogP contribution in [0, 0.1) is 11.8 Å². The van der Waals surface area contributed by atoms with Gasteiger partial charge in [-0.15, -0.1) is 0 Å². The number of ether oxygens (including phenoxy) is 2. The molecule has 17 heteroatoms. The number of carboxylic acid groups (broad SMARTS) is 1. The molecule has 17 nitrogen and oxygen atoms in total. The molecule has 58 heavy (non-hydrogen) atoms. The predicted molar refractivity (Wildman–Crippen MR) is 218 cm³/mol. The number of urea groups is 1. The standard InChI is InChI=1S/C41H65N7O10/c1-6-36(50)33(12-9-19-44-41(42)56)46-40(55)32(28(2)3)26-31(49)18-22-58-24-23-57-21-10-14-37(51)34(15-16-39(53)54)45-38(52)17-20-48-30(27-47(5)43-4)25-29-11-7-8-13-35(29)48/h7-8,11,13,25,28,32-34,43H,6,9-10,12,14-24,26-27H2,1-5H3,(H,45,52)(H,46,55)(H,53,54)(H3,42,44,56)/t32-,33-,34-/m0/s1. The zero-order chi connectivity index (χ0) is 43.0. The SMILES string of the molecule is CCC(=O)[C@H](CCCNC(N)=O)NC(=O)[C@@H](CC(=O)CCOCCOCCCC(=O)[C@H](CCC(=O)O)NC(=O)CCn1c(CN(C)NC)cc2ccccc21)C(C)C. The zero-order valence-corrected chi connectivity index (χ0v) is 34.8. The van der Waals surface area contributed by atoms with E-state index in [1.807, 2.05) is 57.2 Å². The molecule has 0 aliphatic carbocycles. The Hall–Kier alpha value is -4.71. The van der Waals surface area contributed by atoms with Crippen molar-refractivity contribution >= 4 is 52.1 Å². The average molecular weight is 816 g/mol. The molecule has 1 heterocycles. The van der Waals surface area contributed by atoms with Gasteiger partial charge in [-0.25, -0.2) is 9.80 Å². The summed E-state index contributed by atoms with van der Waals surface area (Å²) < 4.78 is 13.2. The molecular weight excluding hydrogens is 750 g/mol. The van der Waals surface area contributed by atoms with Gasteiger partial charge in [0, 0.05) is 82.4 Å². The molecule has 2 rings (SSSR count). The first-order valence-corrected chi connectivity index (χ1v) is 20.2. The topological polar surface area (TPSA) is 240 Å². The van der Waals surface area contributed by atoms with E-state index in [0.29, 0.717) is 32.4 Å². The second kappa shape index (κ2) is 27.1. The van der Waals surface area contributed by atoms with Crippen LogP contribution in [0.1, 0.15) is 90.7 Å². The van der Waals surface area contributed by atoms with Crippen LogP contribution in [0.15, 0.2) is 30.3 Å². The van der Waals surface area contributed by atoms with Crippen LogP contribution in [0.3, 0.4) is 0 Å². The number of amides is 4. The Morgan fingerprint density at radius 2 is 1.55 bits per heavy atom. The predicted octanol–water partition coefficient (Wildman–Crippen LogP) is 2.86. The van der Waals surface area contributed by atoms with E-state index >= 15 is 0 Å². The van der Waals surface area contributed by atoms with Crippen molar-refractivity contribution in [3.05, 3.63) is 36.0 Å². The van der Waals surface area contributed by atoms with Gasteiger partial charge < -0.3 is 40.8 Å². The molecule has 0 radical (unpaired) electrons. The van der Waals surface area contributed by atoms with Crippen molar-refractivity contribution in [3.8, 4) is 0 Å². The second-order valence-electron chi connectivity index (χ2n) is 14.7. The summed E-state index contributed by atoms with van der Waals surface area (Å²) >= 11 is 0. The van der Waals surface area contributed by atoms with Crippen LogP contribution in [0.2, 0.25) is 0 Å². The number of aliphatic carboxylic acids is 1. The van der Waals surface area contributed by atoms with Crippen molar-refractivity contribution in [2.24, 2.45) is 17.6 Å². The molecule has 0 aliphatic rings. The number of hydrogen-bond donors (Lipinski definition) is 6. The Morgan fingerprint density at radius 1 is 0.862 bits per heavy atom. The first-order chi connectivity index (χ1) is 27.7. The highest BCUT2D eigenvalue weighted by Crippen LogP contribution is 2.22. The molecule has 0 unspecified atom stereocenters. The molecule has 3 atom stereocenters. The fourth-order valence-corrected chi connectivity index (χ4v) is 6.41. The summed E-state index contributed by atoms with van der Waals surface area (Å²) in [6.07, 6.45) is 1.40. The number of rotatable bonds is 32. The Bertz CT molecular complexity index is 1650. The van der Waals surface area contributed by atoms with E-state index in [-0.39, 0.29) is 113 Å². The van der Waals surface area contributed by atoms with Gasteiger partial charge in [-0.05, 0) is 56.2 Å². The maximum Gasteiger partial charge on any atom is 0.312 e. The van der Waals surface area contributed by atoms with Gasteiger partial charge in [-0.2, -0.15) is 0 Å². The number of aromatic nitrogens is 1. The van der Waals surface area contributed by atoms with E-state index in [0.717, 1.165) is 16.6 Å². The van der Waals surface area contributed by atoms with Crippen LogP contribution in [-0.2, 0) is 51.3 Å². The number of Topliss-reactive ketones (excluding diaryl/α,β-unsaturated/α-hetero) is 3. The van der Waals surface area contributed by atoms with Crippen molar-refractivity contribution < 1.29 is 48.1 Å². The Balaban J connectivity index is 1.74. The second-order valence-corrected chi connectivity index (χ2v) is 14.7. The number of hydrazine groups is 1. The van der Waals surface area contributed by atoms with Crippen LogP contribution in [0.25, 0.3) is 10.9 Å². The number of carboxylic acids is 1. The minimum Gasteiger partial charge on any atom is -0.481 e. The number of hydrogen-bond acceptors (Lipinski definition) is 11. The smallest absolute Gasteiger partial charge is 0.312 e. The Kier molecular flexibility index (Phi) is 23.1. The zero-order valence-electron chi connectivity index (χ0n) is 34.8. The van der Waals surface area contributed by atoms with E-state index in [9.17, 15) is 38.7 Å². The first-order valence-electron chi connectivity index (χ1n) is 20.2. The lowest BCUT2D eigenvalue weighted by molar-refractivity contribution is -0.138. The maximum absolute atomic E-state index is 13.1. The highest BCUT2D eigenvalue weighted by Gasteiger charge is 2.29.